The molecule has 1 aromatic heterocycles. The smallest absolute Gasteiger partial charge is 0.314 e. The molecule has 1 aliphatic rings. The van der Waals surface area contributed by atoms with Gasteiger partial charge in [0.05, 0.1) is 6.61 Å². The second-order valence-electron chi connectivity index (χ2n) is 8.76. The summed E-state index contributed by atoms with van der Waals surface area (Å²) in [5, 5.41) is 9.98. The number of hydrogen-bond acceptors (Lipinski definition) is 7. The second-order valence-corrected chi connectivity index (χ2v) is 8.76. The largest absolute Gasteiger partial charge is 0.494 e. The SMILES string of the molecule is CCN1CCN(CCCCOc2ccc(NCc3ccc(-c4nnc(C(F)F)o4)cc3F)cc2)CC1. The van der Waals surface area contributed by atoms with E-state index in [4.69, 9.17) is 9.15 Å². The summed E-state index contributed by atoms with van der Waals surface area (Å²) < 4.78 is 50.5. The van der Waals surface area contributed by atoms with Crippen molar-refractivity contribution in [2.75, 3.05) is 51.2 Å². The molecule has 1 N–H and O–H groups in total. The van der Waals surface area contributed by atoms with E-state index in [9.17, 15) is 13.2 Å². The van der Waals surface area contributed by atoms with Crippen LogP contribution in [-0.4, -0.2) is 65.9 Å². The van der Waals surface area contributed by atoms with Gasteiger partial charge in [0, 0.05) is 49.5 Å². The number of rotatable bonds is 12. The molecule has 0 aliphatic carbocycles. The van der Waals surface area contributed by atoms with E-state index in [-0.39, 0.29) is 18.0 Å². The molecule has 0 amide bonds. The summed E-state index contributed by atoms with van der Waals surface area (Å²) in [6.45, 7) is 10.0. The summed E-state index contributed by atoms with van der Waals surface area (Å²) >= 11 is 0. The Hall–Kier alpha value is -3.11. The van der Waals surface area contributed by atoms with E-state index in [0.717, 1.165) is 63.5 Å². The van der Waals surface area contributed by atoms with Gasteiger partial charge in [0.15, 0.2) is 0 Å². The fourth-order valence-electron chi connectivity index (χ4n) is 4.09. The quantitative estimate of drug-likeness (QED) is 0.340. The van der Waals surface area contributed by atoms with Gasteiger partial charge >= 0.3 is 6.43 Å². The predicted molar refractivity (Wildman–Crippen MR) is 132 cm³/mol. The Kier molecular flexibility index (Phi) is 9.18. The van der Waals surface area contributed by atoms with Crippen LogP contribution in [0.2, 0.25) is 0 Å². The molecule has 0 saturated carbocycles. The van der Waals surface area contributed by atoms with Crippen LogP contribution >= 0.6 is 0 Å². The van der Waals surface area contributed by atoms with E-state index in [1.165, 1.54) is 6.07 Å². The number of likely N-dealkylation sites (N-methyl/N-ethyl adjacent to an activating group) is 1. The second kappa shape index (κ2) is 12.7. The molecule has 0 unspecified atom stereocenters. The highest BCUT2D eigenvalue weighted by Crippen LogP contribution is 2.25. The molecule has 2 aromatic carbocycles. The van der Waals surface area contributed by atoms with E-state index in [2.05, 4.69) is 32.2 Å². The van der Waals surface area contributed by atoms with Crippen LogP contribution in [0.4, 0.5) is 18.9 Å². The number of ether oxygens (including phenoxy) is 1. The third kappa shape index (κ3) is 7.20. The Morgan fingerprint density at radius 1 is 1.00 bits per heavy atom. The summed E-state index contributed by atoms with van der Waals surface area (Å²) in [5.74, 6) is -0.627. The summed E-state index contributed by atoms with van der Waals surface area (Å²) in [7, 11) is 0. The van der Waals surface area contributed by atoms with E-state index in [0.29, 0.717) is 12.2 Å². The van der Waals surface area contributed by atoms with Gasteiger partial charge in [0.2, 0.25) is 5.89 Å². The van der Waals surface area contributed by atoms with Gasteiger partial charge in [-0.1, -0.05) is 13.0 Å². The van der Waals surface area contributed by atoms with Crippen molar-refractivity contribution in [3.8, 4) is 17.2 Å². The first-order valence-electron chi connectivity index (χ1n) is 12.3. The number of benzene rings is 2. The maximum absolute atomic E-state index is 14.5. The minimum atomic E-state index is -2.87. The van der Waals surface area contributed by atoms with Crippen LogP contribution in [0.1, 0.15) is 37.6 Å². The Labute approximate surface area is 209 Å². The maximum atomic E-state index is 14.5. The molecular weight excluding hydrogens is 471 g/mol. The minimum Gasteiger partial charge on any atom is -0.494 e. The van der Waals surface area contributed by atoms with Gasteiger partial charge in [0.25, 0.3) is 5.89 Å². The van der Waals surface area contributed by atoms with Gasteiger partial charge in [-0.2, -0.15) is 8.78 Å². The van der Waals surface area contributed by atoms with Crippen molar-refractivity contribution in [3.05, 3.63) is 59.7 Å². The Balaban J connectivity index is 1.17. The first-order valence-corrected chi connectivity index (χ1v) is 12.3. The third-order valence-electron chi connectivity index (χ3n) is 6.31. The van der Waals surface area contributed by atoms with Crippen molar-refractivity contribution in [1.82, 2.24) is 20.0 Å². The molecule has 194 valence electrons. The zero-order valence-corrected chi connectivity index (χ0v) is 20.4. The van der Waals surface area contributed by atoms with Crippen molar-refractivity contribution in [2.45, 2.75) is 32.7 Å². The van der Waals surface area contributed by atoms with Gasteiger partial charge in [-0.25, -0.2) is 4.39 Å². The number of piperazine rings is 1. The van der Waals surface area contributed by atoms with Crippen molar-refractivity contribution >= 4 is 5.69 Å². The Bertz CT molecular complexity index is 1090. The molecule has 1 saturated heterocycles. The van der Waals surface area contributed by atoms with E-state index in [1.807, 2.05) is 24.3 Å². The molecule has 7 nitrogen and oxygen atoms in total. The van der Waals surface area contributed by atoms with E-state index < -0.39 is 18.1 Å². The third-order valence-corrected chi connectivity index (χ3v) is 6.31. The monoisotopic (exact) mass is 503 g/mol. The number of anilines is 1. The molecule has 10 heteroatoms. The number of hydrogen-bond donors (Lipinski definition) is 1. The van der Waals surface area contributed by atoms with Gasteiger partial charge in [-0.15, -0.1) is 10.2 Å². The van der Waals surface area contributed by atoms with Crippen LogP contribution in [-0.2, 0) is 6.54 Å². The van der Waals surface area contributed by atoms with Gasteiger partial charge in [-0.05, 0) is 62.3 Å². The molecule has 1 fully saturated rings. The molecule has 0 atom stereocenters. The average Bonchev–Trinajstić information content (AvgIpc) is 3.40. The lowest BCUT2D eigenvalue weighted by molar-refractivity contribution is 0.116. The topological polar surface area (TPSA) is 66.7 Å². The van der Waals surface area contributed by atoms with Crippen LogP contribution in [0.5, 0.6) is 5.75 Å². The molecule has 2 heterocycles. The van der Waals surface area contributed by atoms with Gasteiger partial charge < -0.3 is 24.3 Å². The van der Waals surface area contributed by atoms with Crippen LogP contribution in [0.3, 0.4) is 0 Å². The highest BCUT2D eigenvalue weighted by atomic mass is 19.3. The minimum absolute atomic E-state index is 0.144. The van der Waals surface area contributed by atoms with Gasteiger partial charge in [-0.3, -0.25) is 0 Å². The summed E-state index contributed by atoms with van der Waals surface area (Å²) in [6.07, 6.45) is -0.736. The van der Waals surface area contributed by atoms with Crippen molar-refractivity contribution in [1.29, 1.82) is 0 Å². The van der Waals surface area contributed by atoms with E-state index >= 15 is 0 Å². The van der Waals surface area contributed by atoms with Crippen LogP contribution in [0.15, 0.2) is 46.9 Å². The zero-order chi connectivity index (χ0) is 25.3. The lowest BCUT2D eigenvalue weighted by atomic mass is 10.1. The molecule has 36 heavy (non-hydrogen) atoms. The van der Waals surface area contributed by atoms with Gasteiger partial charge in [0.1, 0.15) is 11.6 Å². The van der Waals surface area contributed by atoms with Crippen molar-refractivity contribution < 1.29 is 22.3 Å². The van der Waals surface area contributed by atoms with Crippen molar-refractivity contribution in [3.63, 3.8) is 0 Å². The normalized spacial score (nSPS) is 14.9. The number of nitrogens with zero attached hydrogens (tertiary/aromatic N) is 4. The number of alkyl halides is 2. The van der Waals surface area contributed by atoms with Crippen molar-refractivity contribution in [2.24, 2.45) is 0 Å². The fraction of sp³-hybridized carbons (Fsp3) is 0.462. The first-order chi connectivity index (χ1) is 17.5. The number of unbranched alkanes of at least 4 members (excludes halogenated alkanes) is 1. The summed E-state index contributed by atoms with van der Waals surface area (Å²) in [6, 6.07) is 11.9. The molecule has 0 radical (unpaired) electrons. The van der Waals surface area contributed by atoms with E-state index in [1.54, 1.807) is 12.1 Å². The number of nitrogens with one attached hydrogen (secondary N) is 1. The lowest BCUT2D eigenvalue weighted by Gasteiger charge is -2.33. The molecule has 0 bridgehead atoms. The van der Waals surface area contributed by atoms with Crippen LogP contribution in [0.25, 0.3) is 11.5 Å². The molecule has 0 spiro atoms. The molecule has 3 aromatic rings. The number of halogens is 3. The van der Waals surface area contributed by atoms with Crippen LogP contribution < -0.4 is 10.1 Å². The highest BCUT2D eigenvalue weighted by molar-refractivity contribution is 5.54. The Morgan fingerprint density at radius 3 is 2.42 bits per heavy atom. The first kappa shape index (κ1) is 26.0. The number of aromatic nitrogens is 2. The zero-order valence-electron chi connectivity index (χ0n) is 20.4. The fourth-order valence-corrected chi connectivity index (χ4v) is 4.09. The molecule has 4 rings (SSSR count). The Morgan fingerprint density at radius 2 is 1.75 bits per heavy atom. The van der Waals surface area contributed by atoms with Crippen LogP contribution in [0, 0.1) is 5.82 Å². The summed E-state index contributed by atoms with van der Waals surface area (Å²) in [4.78, 5) is 5.01. The average molecular weight is 504 g/mol. The molecular formula is C26H32F3N5O2. The lowest BCUT2D eigenvalue weighted by Crippen LogP contribution is -2.46. The maximum Gasteiger partial charge on any atom is 0.314 e. The highest BCUT2D eigenvalue weighted by Gasteiger charge is 2.18. The predicted octanol–water partition coefficient (Wildman–Crippen LogP) is 5.22. The molecule has 1 aliphatic heterocycles. The summed E-state index contributed by atoms with van der Waals surface area (Å²) in [5.41, 5.74) is 1.50. The standard InChI is InChI=1S/C26H32F3N5O2/c1-2-33-12-14-34(15-13-33)11-3-4-16-35-22-9-7-21(8-10-22)30-18-20-6-5-19(17-23(20)27)25-31-32-26(36-25)24(28)29/h5-10,17,24,30H,2-4,11-16,18H2,1H3.